The Kier molecular flexibility index (Phi) is 4.33. The largest absolute Gasteiger partial charge is 0.504 e. The molecule has 0 unspecified atom stereocenters. The number of halogens is 1. The summed E-state index contributed by atoms with van der Waals surface area (Å²) in [6.07, 6.45) is 0. The van der Waals surface area contributed by atoms with E-state index in [1.807, 2.05) is 41.5 Å². The number of aromatic nitrogens is 2. The van der Waals surface area contributed by atoms with Crippen LogP contribution in [0.4, 0.5) is 10.2 Å². The van der Waals surface area contributed by atoms with Gasteiger partial charge in [0.05, 0.1) is 5.56 Å². The van der Waals surface area contributed by atoms with Crippen LogP contribution in [-0.4, -0.2) is 15.1 Å². The monoisotopic (exact) mass is 317 g/mol. The summed E-state index contributed by atoms with van der Waals surface area (Å²) in [5, 5.41) is 10.3. The van der Waals surface area contributed by atoms with Crippen molar-refractivity contribution in [3.05, 3.63) is 34.8 Å². The molecule has 4 nitrogen and oxygen atoms in total. The van der Waals surface area contributed by atoms with Crippen LogP contribution in [0.3, 0.4) is 0 Å². The molecular formula is C18H24FN3O. The number of nitrogen functional groups attached to an aromatic ring is 1. The molecule has 0 amide bonds. The highest BCUT2D eigenvalue weighted by Crippen LogP contribution is 2.37. The fraction of sp³-hybridized carbons (Fsp3) is 0.444. The maximum atomic E-state index is 14.5. The minimum atomic E-state index is -0.636. The van der Waals surface area contributed by atoms with Crippen molar-refractivity contribution in [1.29, 1.82) is 0 Å². The van der Waals surface area contributed by atoms with Crippen molar-refractivity contribution in [1.82, 2.24) is 9.97 Å². The zero-order valence-electron chi connectivity index (χ0n) is 14.5. The number of aryl methyl sites for hydroxylation is 1. The number of hydrogen-bond acceptors (Lipinski definition) is 4. The standard InChI is InChI=1S/C18H24FN3O/c1-9(2)13-10(3)21-17(22-16(13)20)11-7-8-12(18(4,5)6)14(19)15(11)23/h7-9,23H,1-6H3,(H2,20,21,22). The van der Waals surface area contributed by atoms with Crippen LogP contribution in [0.2, 0.25) is 0 Å². The fourth-order valence-corrected chi connectivity index (χ4v) is 2.76. The van der Waals surface area contributed by atoms with Gasteiger partial charge in [0.25, 0.3) is 0 Å². The number of benzene rings is 1. The van der Waals surface area contributed by atoms with Gasteiger partial charge in [-0.3, -0.25) is 0 Å². The van der Waals surface area contributed by atoms with Crippen LogP contribution in [-0.2, 0) is 5.41 Å². The lowest BCUT2D eigenvalue weighted by atomic mass is 9.85. The molecule has 1 heterocycles. The van der Waals surface area contributed by atoms with Crippen molar-refractivity contribution in [3.8, 4) is 17.1 Å². The molecule has 0 radical (unpaired) electrons. The summed E-state index contributed by atoms with van der Waals surface area (Å²) in [5.41, 5.74) is 7.93. The molecule has 0 fully saturated rings. The van der Waals surface area contributed by atoms with E-state index in [2.05, 4.69) is 9.97 Å². The lowest BCUT2D eigenvalue weighted by Gasteiger charge is -2.21. The minimum Gasteiger partial charge on any atom is -0.504 e. The number of rotatable bonds is 2. The Labute approximate surface area is 136 Å². The SMILES string of the molecule is Cc1nc(-c2ccc(C(C)(C)C)c(F)c2O)nc(N)c1C(C)C. The van der Waals surface area contributed by atoms with Crippen LogP contribution >= 0.6 is 0 Å². The first-order chi connectivity index (χ1) is 10.5. The highest BCUT2D eigenvalue weighted by Gasteiger charge is 2.24. The Hall–Kier alpha value is -2.17. The molecule has 0 atom stereocenters. The van der Waals surface area contributed by atoms with E-state index in [4.69, 9.17) is 5.73 Å². The lowest BCUT2D eigenvalue weighted by Crippen LogP contribution is -2.14. The molecule has 0 aliphatic heterocycles. The van der Waals surface area contributed by atoms with Crippen molar-refractivity contribution < 1.29 is 9.50 Å². The second-order valence-corrected chi connectivity index (χ2v) is 7.16. The fourth-order valence-electron chi connectivity index (χ4n) is 2.76. The van der Waals surface area contributed by atoms with E-state index < -0.39 is 17.0 Å². The van der Waals surface area contributed by atoms with E-state index in [-0.39, 0.29) is 17.3 Å². The Bertz CT molecular complexity index is 726. The molecule has 0 saturated heterocycles. The highest BCUT2D eigenvalue weighted by atomic mass is 19.1. The normalized spacial score (nSPS) is 12.0. The number of anilines is 1. The van der Waals surface area contributed by atoms with Crippen LogP contribution in [0.5, 0.6) is 5.75 Å². The first-order valence-corrected chi connectivity index (χ1v) is 7.70. The van der Waals surface area contributed by atoms with Crippen molar-refractivity contribution in [2.24, 2.45) is 0 Å². The maximum absolute atomic E-state index is 14.5. The lowest BCUT2D eigenvalue weighted by molar-refractivity contribution is 0.418. The molecule has 0 aliphatic carbocycles. The predicted octanol–water partition coefficient (Wildman–Crippen LogP) is 4.30. The second-order valence-electron chi connectivity index (χ2n) is 7.16. The molecule has 0 aliphatic rings. The Morgan fingerprint density at radius 1 is 1.17 bits per heavy atom. The zero-order valence-corrected chi connectivity index (χ0v) is 14.5. The molecule has 2 aromatic rings. The van der Waals surface area contributed by atoms with Gasteiger partial charge in [0.2, 0.25) is 0 Å². The summed E-state index contributed by atoms with van der Waals surface area (Å²) in [7, 11) is 0. The van der Waals surface area contributed by atoms with E-state index in [9.17, 15) is 9.50 Å². The van der Waals surface area contributed by atoms with Gasteiger partial charge < -0.3 is 10.8 Å². The van der Waals surface area contributed by atoms with Crippen LogP contribution in [0.25, 0.3) is 11.4 Å². The van der Waals surface area contributed by atoms with E-state index in [1.165, 1.54) is 0 Å². The first-order valence-electron chi connectivity index (χ1n) is 7.70. The molecular weight excluding hydrogens is 293 g/mol. The second kappa shape index (κ2) is 5.80. The molecule has 0 bridgehead atoms. The van der Waals surface area contributed by atoms with Gasteiger partial charge in [0.15, 0.2) is 17.4 Å². The van der Waals surface area contributed by atoms with Crippen molar-refractivity contribution in [2.75, 3.05) is 5.73 Å². The van der Waals surface area contributed by atoms with Crippen molar-refractivity contribution >= 4 is 5.82 Å². The van der Waals surface area contributed by atoms with Gasteiger partial charge in [0, 0.05) is 11.3 Å². The van der Waals surface area contributed by atoms with Crippen LogP contribution in [0.1, 0.15) is 57.4 Å². The highest BCUT2D eigenvalue weighted by molar-refractivity contribution is 5.67. The van der Waals surface area contributed by atoms with Crippen molar-refractivity contribution in [2.45, 2.75) is 52.9 Å². The average molecular weight is 317 g/mol. The molecule has 2 rings (SSSR count). The maximum Gasteiger partial charge on any atom is 0.169 e. The van der Waals surface area contributed by atoms with Gasteiger partial charge in [-0.2, -0.15) is 0 Å². The van der Waals surface area contributed by atoms with Gasteiger partial charge in [-0.25, -0.2) is 14.4 Å². The van der Waals surface area contributed by atoms with E-state index in [0.29, 0.717) is 11.4 Å². The van der Waals surface area contributed by atoms with Gasteiger partial charge in [-0.1, -0.05) is 40.7 Å². The topological polar surface area (TPSA) is 72.0 Å². The number of phenolic OH excluding ortho intramolecular Hbond substituents is 1. The molecule has 23 heavy (non-hydrogen) atoms. The molecule has 1 aromatic heterocycles. The summed E-state index contributed by atoms with van der Waals surface area (Å²) < 4.78 is 14.5. The van der Waals surface area contributed by atoms with Crippen molar-refractivity contribution in [3.63, 3.8) is 0 Å². The van der Waals surface area contributed by atoms with E-state index in [0.717, 1.165) is 11.3 Å². The number of hydrogen-bond donors (Lipinski definition) is 2. The van der Waals surface area contributed by atoms with Gasteiger partial charge >= 0.3 is 0 Å². The quantitative estimate of drug-likeness (QED) is 0.866. The molecule has 0 spiro atoms. The summed E-state index contributed by atoms with van der Waals surface area (Å²) in [6, 6.07) is 3.30. The van der Waals surface area contributed by atoms with Gasteiger partial charge in [0.1, 0.15) is 5.82 Å². The molecule has 5 heteroatoms. The number of nitrogens with zero attached hydrogens (tertiary/aromatic N) is 2. The number of nitrogens with two attached hydrogens (primary N) is 1. The third-order valence-corrected chi connectivity index (χ3v) is 3.91. The van der Waals surface area contributed by atoms with Gasteiger partial charge in [-0.15, -0.1) is 0 Å². The zero-order chi connectivity index (χ0) is 17.5. The average Bonchev–Trinajstić information content (AvgIpc) is 2.38. The molecule has 0 saturated carbocycles. The summed E-state index contributed by atoms with van der Waals surface area (Å²) in [5.74, 6) is -0.280. The van der Waals surface area contributed by atoms with Crippen LogP contribution in [0.15, 0.2) is 12.1 Å². The third-order valence-electron chi connectivity index (χ3n) is 3.91. The predicted molar refractivity (Wildman–Crippen MR) is 91.0 cm³/mol. The van der Waals surface area contributed by atoms with E-state index in [1.54, 1.807) is 12.1 Å². The number of aromatic hydroxyl groups is 1. The summed E-state index contributed by atoms with van der Waals surface area (Å²) >= 11 is 0. The Morgan fingerprint density at radius 2 is 1.78 bits per heavy atom. The third kappa shape index (κ3) is 3.14. The van der Waals surface area contributed by atoms with Crippen LogP contribution in [0, 0.1) is 12.7 Å². The molecule has 3 N–H and O–H groups in total. The molecule has 1 aromatic carbocycles. The smallest absolute Gasteiger partial charge is 0.169 e. The van der Waals surface area contributed by atoms with Gasteiger partial charge in [-0.05, 0) is 29.9 Å². The van der Waals surface area contributed by atoms with E-state index >= 15 is 0 Å². The number of phenols is 1. The Morgan fingerprint density at radius 3 is 2.26 bits per heavy atom. The molecule has 124 valence electrons. The minimum absolute atomic E-state index is 0.192. The Balaban J connectivity index is 2.63. The summed E-state index contributed by atoms with van der Waals surface area (Å²) in [6.45, 7) is 11.5. The first kappa shape index (κ1) is 17.2. The van der Waals surface area contributed by atoms with Crippen LogP contribution < -0.4 is 5.73 Å². The summed E-state index contributed by atoms with van der Waals surface area (Å²) in [4.78, 5) is 8.66.